The second-order valence-electron chi connectivity index (χ2n) is 5.46. The molecule has 0 fully saturated rings. The summed E-state index contributed by atoms with van der Waals surface area (Å²) in [5.41, 5.74) is 6.32. The van der Waals surface area contributed by atoms with Gasteiger partial charge in [-0.05, 0) is 43.0 Å². The summed E-state index contributed by atoms with van der Waals surface area (Å²) >= 11 is 6.14. The smallest absolute Gasteiger partial charge is 0.133 e. The number of hydrogen-bond acceptors (Lipinski definition) is 2. The van der Waals surface area contributed by atoms with Crippen LogP contribution in [0.25, 0.3) is 0 Å². The van der Waals surface area contributed by atoms with E-state index in [0.717, 1.165) is 36.6 Å². The maximum Gasteiger partial charge on any atom is 0.133 e. The minimum atomic E-state index is 0.520. The van der Waals surface area contributed by atoms with Gasteiger partial charge < -0.3 is 4.90 Å². The maximum atomic E-state index is 6.14. The highest BCUT2D eigenvalue weighted by Crippen LogP contribution is 2.29. The molecule has 0 saturated carbocycles. The van der Waals surface area contributed by atoms with Crippen molar-refractivity contribution in [2.24, 2.45) is 0 Å². The number of fused-ring (bicyclic) bond motifs is 1. The van der Waals surface area contributed by atoms with Gasteiger partial charge >= 0.3 is 0 Å². The molecule has 0 spiro atoms. The van der Waals surface area contributed by atoms with Crippen molar-refractivity contribution in [2.45, 2.75) is 32.7 Å². The van der Waals surface area contributed by atoms with E-state index in [9.17, 15) is 0 Å². The standard InChI is InChI=1S/C17H19ClN2/c1-12-9-13(2)19-17(16(12)10-18)20-8-7-14-5-3-4-6-15(14)11-20/h3-6,9H,7-8,10-11H2,1-2H3. The molecule has 0 amide bonds. The largest absolute Gasteiger partial charge is 0.352 e. The Bertz CT molecular complexity index is 637. The van der Waals surface area contributed by atoms with Gasteiger partial charge in [0, 0.05) is 24.3 Å². The van der Waals surface area contributed by atoms with Crippen molar-refractivity contribution in [3.8, 4) is 0 Å². The number of nitrogens with zero attached hydrogens (tertiary/aromatic N) is 2. The van der Waals surface area contributed by atoms with Gasteiger partial charge in [-0.1, -0.05) is 24.3 Å². The average Bonchev–Trinajstić information content (AvgIpc) is 2.46. The van der Waals surface area contributed by atoms with Gasteiger partial charge in [-0.2, -0.15) is 0 Å². The Morgan fingerprint density at radius 1 is 1.20 bits per heavy atom. The lowest BCUT2D eigenvalue weighted by Crippen LogP contribution is -2.32. The van der Waals surface area contributed by atoms with Crippen molar-refractivity contribution in [3.63, 3.8) is 0 Å². The highest BCUT2D eigenvalue weighted by Gasteiger charge is 2.20. The van der Waals surface area contributed by atoms with E-state index >= 15 is 0 Å². The van der Waals surface area contributed by atoms with Crippen molar-refractivity contribution in [2.75, 3.05) is 11.4 Å². The van der Waals surface area contributed by atoms with E-state index in [4.69, 9.17) is 16.6 Å². The van der Waals surface area contributed by atoms with Crippen molar-refractivity contribution in [1.82, 2.24) is 4.98 Å². The molecule has 3 rings (SSSR count). The van der Waals surface area contributed by atoms with E-state index in [1.165, 1.54) is 16.7 Å². The van der Waals surface area contributed by atoms with E-state index in [0.29, 0.717) is 5.88 Å². The molecule has 0 aliphatic carbocycles. The Morgan fingerprint density at radius 3 is 2.70 bits per heavy atom. The molecule has 1 aliphatic heterocycles. The second kappa shape index (κ2) is 5.45. The SMILES string of the molecule is Cc1cc(C)c(CCl)c(N2CCc3ccccc3C2)n1. The number of halogens is 1. The van der Waals surface area contributed by atoms with Crippen LogP contribution in [0.4, 0.5) is 5.82 Å². The van der Waals surface area contributed by atoms with Gasteiger partial charge in [0.15, 0.2) is 0 Å². The van der Waals surface area contributed by atoms with Crippen LogP contribution in [-0.4, -0.2) is 11.5 Å². The van der Waals surface area contributed by atoms with Crippen LogP contribution in [0.1, 0.15) is 27.9 Å². The molecule has 104 valence electrons. The zero-order chi connectivity index (χ0) is 14.1. The molecule has 1 aromatic heterocycles. The molecule has 2 aromatic rings. The predicted molar refractivity (Wildman–Crippen MR) is 84.5 cm³/mol. The molecule has 0 saturated heterocycles. The molecule has 0 bridgehead atoms. The molecule has 0 atom stereocenters. The Morgan fingerprint density at radius 2 is 1.95 bits per heavy atom. The molecule has 2 nitrogen and oxygen atoms in total. The quantitative estimate of drug-likeness (QED) is 0.776. The number of benzene rings is 1. The van der Waals surface area contributed by atoms with Gasteiger partial charge in [0.2, 0.25) is 0 Å². The number of alkyl halides is 1. The molecule has 3 heteroatoms. The minimum Gasteiger partial charge on any atom is -0.352 e. The summed E-state index contributed by atoms with van der Waals surface area (Å²) in [5.74, 6) is 1.58. The van der Waals surface area contributed by atoms with Crippen molar-refractivity contribution >= 4 is 17.4 Å². The van der Waals surface area contributed by atoms with Crippen LogP contribution in [0.15, 0.2) is 30.3 Å². The summed E-state index contributed by atoms with van der Waals surface area (Å²) in [6.45, 7) is 6.10. The summed E-state index contributed by atoms with van der Waals surface area (Å²) in [5, 5.41) is 0. The number of rotatable bonds is 2. The van der Waals surface area contributed by atoms with Crippen LogP contribution < -0.4 is 4.90 Å². The predicted octanol–water partition coefficient (Wildman–Crippen LogP) is 4.00. The number of anilines is 1. The molecule has 2 heterocycles. The minimum absolute atomic E-state index is 0.520. The molecular weight excluding hydrogens is 268 g/mol. The Kier molecular flexibility index (Phi) is 3.66. The first-order valence-corrected chi connectivity index (χ1v) is 7.57. The summed E-state index contributed by atoms with van der Waals surface area (Å²) < 4.78 is 0. The zero-order valence-corrected chi connectivity index (χ0v) is 12.7. The average molecular weight is 287 g/mol. The lowest BCUT2D eigenvalue weighted by Gasteiger charge is -2.31. The van der Waals surface area contributed by atoms with Gasteiger partial charge in [-0.3, -0.25) is 0 Å². The van der Waals surface area contributed by atoms with E-state index in [1.54, 1.807) is 0 Å². The molecule has 20 heavy (non-hydrogen) atoms. The van der Waals surface area contributed by atoms with Gasteiger partial charge in [0.1, 0.15) is 5.82 Å². The van der Waals surface area contributed by atoms with Gasteiger partial charge in [-0.25, -0.2) is 4.98 Å². The van der Waals surface area contributed by atoms with Crippen LogP contribution in [0.5, 0.6) is 0 Å². The summed E-state index contributed by atoms with van der Waals surface area (Å²) in [4.78, 5) is 7.10. The van der Waals surface area contributed by atoms with Gasteiger partial charge in [-0.15, -0.1) is 11.6 Å². The summed E-state index contributed by atoms with van der Waals surface area (Å²) in [6.07, 6.45) is 1.08. The third-order valence-corrected chi connectivity index (χ3v) is 4.28. The number of aryl methyl sites for hydroxylation is 2. The first-order valence-electron chi connectivity index (χ1n) is 7.04. The molecule has 1 aromatic carbocycles. The van der Waals surface area contributed by atoms with Crippen molar-refractivity contribution in [3.05, 3.63) is 58.3 Å². The lowest BCUT2D eigenvalue weighted by atomic mass is 9.99. The van der Waals surface area contributed by atoms with Crippen LogP contribution in [0, 0.1) is 13.8 Å². The topological polar surface area (TPSA) is 16.1 Å². The zero-order valence-electron chi connectivity index (χ0n) is 12.0. The summed E-state index contributed by atoms with van der Waals surface area (Å²) in [7, 11) is 0. The lowest BCUT2D eigenvalue weighted by molar-refractivity contribution is 0.715. The molecule has 1 aliphatic rings. The number of aromatic nitrogens is 1. The fourth-order valence-corrected chi connectivity index (χ4v) is 3.28. The monoisotopic (exact) mass is 286 g/mol. The van der Waals surface area contributed by atoms with Crippen LogP contribution in [0.2, 0.25) is 0 Å². The Labute approximate surface area is 125 Å². The van der Waals surface area contributed by atoms with Crippen LogP contribution >= 0.6 is 11.6 Å². The highest BCUT2D eigenvalue weighted by molar-refractivity contribution is 6.17. The maximum absolute atomic E-state index is 6.14. The van der Waals surface area contributed by atoms with Crippen molar-refractivity contribution < 1.29 is 0 Å². The highest BCUT2D eigenvalue weighted by atomic mass is 35.5. The fourth-order valence-electron chi connectivity index (χ4n) is 2.95. The molecule has 0 unspecified atom stereocenters. The molecule has 0 radical (unpaired) electrons. The van der Waals surface area contributed by atoms with Crippen LogP contribution in [0.3, 0.4) is 0 Å². The number of pyridine rings is 1. The van der Waals surface area contributed by atoms with E-state index in [1.807, 2.05) is 6.92 Å². The second-order valence-corrected chi connectivity index (χ2v) is 5.72. The van der Waals surface area contributed by atoms with Gasteiger partial charge in [0.05, 0.1) is 5.88 Å². The first kappa shape index (κ1) is 13.4. The van der Waals surface area contributed by atoms with E-state index < -0.39 is 0 Å². The Hall–Kier alpha value is -1.54. The normalized spacial score (nSPS) is 14.2. The molecule has 0 N–H and O–H groups in total. The third-order valence-electron chi connectivity index (χ3n) is 4.02. The molecular formula is C17H19ClN2. The van der Waals surface area contributed by atoms with E-state index in [-0.39, 0.29) is 0 Å². The van der Waals surface area contributed by atoms with E-state index in [2.05, 4.69) is 42.2 Å². The van der Waals surface area contributed by atoms with Crippen LogP contribution in [-0.2, 0) is 18.8 Å². The van der Waals surface area contributed by atoms with Gasteiger partial charge in [0.25, 0.3) is 0 Å². The number of hydrogen-bond donors (Lipinski definition) is 0. The van der Waals surface area contributed by atoms with Crippen molar-refractivity contribution in [1.29, 1.82) is 0 Å². The first-order chi connectivity index (χ1) is 9.69. The Balaban J connectivity index is 1.99. The fraction of sp³-hybridized carbons (Fsp3) is 0.353. The summed E-state index contributed by atoms with van der Waals surface area (Å²) in [6, 6.07) is 10.8. The third kappa shape index (κ3) is 2.40.